The van der Waals surface area contributed by atoms with E-state index in [4.69, 9.17) is 0 Å². The van der Waals surface area contributed by atoms with Crippen molar-refractivity contribution in [3.05, 3.63) is 11.6 Å². The maximum Gasteiger partial charge on any atom is 0.230 e. The largest absolute Gasteiger partial charge is 0.342 e. The molecule has 0 unspecified atom stereocenters. The van der Waals surface area contributed by atoms with E-state index in [9.17, 15) is 9.59 Å². The molecular weight excluding hydrogens is 374 g/mol. The van der Waals surface area contributed by atoms with E-state index in [1.165, 1.54) is 37.7 Å². The Kier molecular flexibility index (Phi) is 5.45. The third-order valence-corrected chi connectivity index (χ3v) is 9.22. The van der Waals surface area contributed by atoms with Crippen molar-refractivity contribution >= 4 is 11.8 Å². The first kappa shape index (κ1) is 20.5. The maximum absolute atomic E-state index is 13.6. The predicted octanol–water partition coefficient (Wildman–Crippen LogP) is 3.45. The second-order valence-corrected chi connectivity index (χ2v) is 10.9. The molecule has 1 spiro atoms. The van der Waals surface area contributed by atoms with Crippen molar-refractivity contribution in [1.29, 1.82) is 0 Å². The molecular formula is C25H39N3O2. The Morgan fingerprint density at radius 3 is 2.43 bits per heavy atom. The van der Waals surface area contributed by atoms with Crippen LogP contribution in [-0.4, -0.2) is 72.8 Å². The molecule has 3 heterocycles. The van der Waals surface area contributed by atoms with Crippen LogP contribution in [0.5, 0.6) is 0 Å². The minimum Gasteiger partial charge on any atom is -0.342 e. The van der Waals surface area contributed by atoms with Crippen LogP contribution < -0.4 is 0 Å². The average molecular weight is 414 g/mol. The fourth-order valence-corrected chi connectivity index (χ4v) is 7.55. The number of carbonyl (C=O) groups excluding carboxylic acids is 2. The number of carbonyl (C=O) groups is 2. The summed E-state index contributed by atoms with van der Waals surface area (Å²) < 4.78 is 0. The van der Waals surface area contributed by atoms with Gasteiger partial charge in [-0.3, -0.25) is 9.59 Å². The summed E-state index contributed by atoms with van der Waals surface area (Å²) in [7, 11) is 2.20. The average Bonchev–Trinajstić information content (AvgIpc) is 3.47. The normalized spacial score (nSPS) is 33.8. The molecule has 5 aliphatic rings. The fourth-order valence-electron chi connectivity index (χ4n) is 7.55. The van der Waals surface area contributed by atoms with Crippen LogP contribution in [0.1, 0.15) is 70.6 Å². The molecule has 5 rings (SSSR count). The third-order valence-electron chi connectivity index (χ3n) is 9.22. The quantitative estimate of drug-likeness (QED) is 0.666. The van der Waals surface area contributed by atoms with Crippen molar-refractivity contribution in [2.24, 2.45) is 16.7 Å². The van der Waals surface area contributed by atoms with Crippen molar-refractivity contribution in [3.8, 4) is 0 Å². The molecule has 0 aromatic heterocycles. The highest BCUT2D eigenvalue weighted by molar-refractivity contribution is 5.85. The van der Waals surface area contributed by atoms with Crippen molar-refractivity contribution in [3.63, 3.8) is 0 Å². The molecule has 0 radical (unpaired) electrons. The highest BCUT2D eigenvalue weighted by Crippen LogP contribution is 2.62. The van der Waals surface area contributed by atoms with Gasteiger partial charge in [0.25, 0.3) is 0 Å². The van der Waals surface area contributed by atoms with Gasteiger partial charge in [0.1, 0.15) is 0 Å². The van der Waals surface area contributed by atoms with Crippen molar-refractivity contribution in [1.82, 2.24) is 14.7 Å². The van der Waals surface area contributed by atoms with Crippen LogP contribution >= 0.6 is 0 Å². The Morgan fingerprint density at radius 2 is 1.73 bits per heavy atom. The third kappa shape index (κ3) is 3.41. The van der Waals surface area contributed by atoms with Gasteiger partial charge in [-0.2, -0.15) is 0 Å². The van der Waals surface area contributed by atoms with Crippen molar-refractivity contribution < 1.29 is 9.59 Å². The molecule has 3 saturated heterocycles. The summed E-state index contributed by atoms with van der Waals surface area (Å²) in [6.07, 6.45) is 14.5. The van der Waals surface area contributed by atoms with E-state index in [2.05, 4.69) is 27.8 Å². The lowest BCUT2D eigenvalue weighted by Crippen LogP contribution is -2.50. The lowest BCUT2D eigenvalue weighted by molar-refractivity contribution is -0.143. The maximum atomic E-state index is 13.6. The molecule has 4 fully saturated rings. The van der Waals surface area contributed by atoms with Crippen molar-refractivity contribution in [2.45, 2.75) is 70.6 Å². The second-order valence-electron chi connectivity index (χ2n) is 10.9. The molecule has 30 heavy (non-hydrogen) atoms. The molecule has 5 nitrogen and oxygen atoms in total. The van der Waals surface area contributed by atoms with Gasteiger partial charge in [0, 0.05) is 45.7 Å². The number of rotatable bonds is 3. The number of nitrogens with zero attached hydrogens (tertiary/aromatic N) is 3. The predicted molar refractivity (Wildman–Crippen MR) is 118 cm³/mol. The standard InChI is InChI=1S/C25H39N3O2/c1-26-18-21-24(9-10-25(21,19-26)23(30)28-13-5-6-14-28)11-15-27(16-12-24)22(29)17-20-7-3-2-4-8-20/h7,21H,2-6,8-19H2,1H3/t21-,25+/m0/s1. The van der Waals surface area contributed by atoms with E-state index in [0.717, 1.165) is 71.4 Å². The minimum atomic E-state index is -0.155. The van der Waals surface area contributed by atoms with E-state index in [0.29, 0.717) is 24.2 Å². The summed E-state index contributed by atoms with van der Waals surface area (Å²) in [6, 6.07) is 0. The molecule has 2 amide bonds. The Morgan fingerprint density at radius 1 is 0.967 bits per heavy atom. The summed E-state index contributed by atoms with van der Waals surface area (Å²) in [5.74, 6) is 1.26. The summed E-state index contributed by atoms with van der Waals surface area (Å²) >= 11 is 0. The highest BCUT2D eigenvalue weighted by atomic mass is 16.2. The van der Waals surface area contributed by atoms with Crippen LogP contribution in [0.25, 0.3) is 0 Å². The summed E-state index contributed by atoms with van der Waals surface area (Å²) in [5.41, 5.74) is 1.47. The lowest BCUT2D eigenvalue weighted by Gasteiger charge is -2.45. The van der Waals surface area contributed by atoms with E-state index in [-0.39, 0.29) is 10.8 Å². The SMILES string of the molecule is CN1C[C@H]2C3(CCN(C(=O)CC4=CCCCC4)CC3)CC[C@@]2(C(=O)N2CCCC2)C1. The number of allylic oxidation sites excluding steroid dienone is 1. The van der Waals surface area contributed by atoms with Gasteiger partial charge < -0.3 is 14.7 Å². The highest BCUT2D eigenvalue weighted by Gasteiger charge is 2.64. The van der Waals surface area contributed by atoms with Gasteiger partial charge >= 0.3 is 0 Å². The van der Waals surface area contributed by atoms with Gasteiger partial charge in [-0.05, 0) is 82.6 Å². The van der Waals surface area contributed by atoms with Crippen LogP contribution in [0.2, 0.25) is 0 Å². The number of hydrogen-bond donors (Lipinski definition) is 0. The minimum absolute atomic E-state index is 0.155. The second kappa shape index (κ2) is 7.96. The van der Waals surface area contributed by atoms with E-state index in [1.54, 1.807) is 0 Å². The first-order valence-corrected chi connectivity index (χ1v) is 12.5. The van der Waals surface area contributed by atoms with E-state index < -0.39 is 0 Å². The van der Waals surface area contributed by atoms with E-state index >= 15 is 0 Å². The molecule has 3 aliphatic heterocycles. The zero-order chi connectivity index (χ0) is 20.8. The molecule has 2 atom stereocenters. The molecule has 0 N–H and O–H groups in total. The topological polar surface area (TPSA) is 43.9 Å². The number of fused-ring (bicyclic) bond motifs is 2. The fraction of sp³-hybridized carbons (Fsp3) is 0.840. The monoisotopic (exact) mass is 413 g/mol. The Balaban J connectivity index is 1.26. The van der Waals surface area contributed by atoms with Crippen LogP contribution in [-0.2, 0) is 9.59 Å². The zero-order valence-electron chi connectivity index (χ0n) is 18.8. The molecule has 5 heteroatoms. The molecule has 0 aromatic rings. The number of likely N-dealkylation sites (tertiary alicyclic amines) is 3. The Labute approximate surface area is 181 Å². The molecule has 0 bridgehead atoms. The number of amides is 2. The van der Waals surface area contributed by atoms with Crippen LogP contribution in [0.4, 0.5) is 0 Å². The van der Waals surface area contributed by atoms with Gasteiger partial charge in [-0.25, -0.2) is 0 Å². The Bertz CT molecular complexity index is 718. The first-order chi connectivity index (χ1) is 14.5. The van der Waals surface area contributed by atoms with E-state index in [1.807, 2.05) is 0 Å². The van der Waals surface area contributed by atoms with Gasteiger partial charge in [-0.1, -0.05) is 11.6 Å². The smallest absolute Gasteiger partial charge is 0.230 e. The summed E-state index contributed by atoms with van der Waals surface area (Å²) in [4.78, 5) is 33.3. The van der Waals surface area contributed by atoms with Crippen LogP contribution in [0, 0.1) is 16.7 Å². The lowest BCUT2D eigenvalue weighted by atomic mass is 9.65. The van der Waals surface area contributed by atoms with Gasteiger partial charge in [-0.15, -0.1) is 0 Å². The Hall–Kier alpha value is -1.36. The van der Waals surface area contributed by atoms with Crippen LogP contribution in [0.3, 0.4) is 0 Å². The summed E-state index contributed by atoms with van der Waals surface area (Å²) in [6.45, 7) is 5.69. The van der Waals surface area contributed by atoms with Gasteiger partial charge in [0.2, 0.25) is 11.8 Å². The summed E-state index contributed by atoms with van der Waals surface area (Å²) in [5, 5.41) is 0. The number of piperidine rings is 1. The van der Waals surface area contributed by atoms with Gasteiger partial charge in [0.05, 0.1) is 5.41 Å². The van der Waals surface area contributed by atoms with Crippen molar-refractivity contribution in [2.75, 3.05) is 46.3 Å². The molecule has 1 saturated carbocycles. The zero-order valence-corrected chi connectivity index (χ0v) is 18.8. The number of hydrogen-bond acceptors (Lipinski definition) is 3. The molecule has 0 aromatic carbocycles. The molecule has 2 aliphatic carbocycles. The van der Waals surface area contributed by atoms with Gasteiger partial charge in [0.15, 0.2) is 0 Å². The molecule has 166 valence electrons. The van der Waals surface area contributed by atoms with Crippen LogP contribution in [0.15, 0.2) is 11.6 Å². The first-order valence-electron chi connectivity index (χ1n) is 12.5.